The molecule has 1 N–H and O–H groups in total. The monoisotopic (exact) mass is 217 g/mol. The second-order valence-corrected chi connectivity index (χ2v) is 4.09. The lowest BCUT2D eigenvalue weighted by atomic mass is 9.99. The van der Waals surface area contributed by atoms with Crippen LogP contribution >= 0.6 is 0 Å². The molecule has 3 nitrogen and oxygen atoms in total. The molecule has 1 aromatic heterocycles. The van der Waals surface area contributed by atoms with Gasteiger partial charge in [0, 0.05) is 11.6 Å². The number of aliphatic hydroxyl groups is 1. The molecule has 84 valence electrons. The van der Waals surface area contributed by atoms with E-state index in [1.54, 1.807) is 6.07 Å². The highest BCUT2D eigenvalue weighted by Gasteiger charge is 2.09. The SMILES string of the molecule is Cc1cc(C)c(-c2cc(CO)on2)cc1C. The van der Waals surface area contributed by atoms with Crippen LogP contribution in [0, 0.1) is 20.8 Å². The maximum atomic E-state index is 8.93. The first-order chi connectivity index (χ1) is 7.61. The molecule has 1 aromatic carbocycles. The van der Waals surface area contributed by atoms with E-state index in [1.807, 2.05) is 0 Å². The molecular weight excluding hydrogens is 202 g/mol. The van der Waals surface area contributed by atoms with Crippen molar-refractivity contribution in [1.29, 1.82) is 0 Å². The van der Waals surface area contributed by atoms with Gasteiger partial charge < -0.3 is 9.63 Å². The van der Waals surface area contributed by atoms with E-state index >= 15 is 0 Å². The van der Waals surface area contributed by atoms with Gasteiger partial charge in [0.25, 0.3) is 0 Å². The third-order valence-electron chi connectivity index (χ3n) is 2.83. The molecule has 0 bridgehead atoms. The van der Waals surface area contributed by atoms with Crippen molar-refractivity contribution in [3.05, 3.63) is 40.6 Å². The number of nitrogens with zero attached hydrogens (tertiary/aromatic N) is 1. The van der Waals surface area contributed by atoms with E-state index in [0.29, 0.717) is 5.76 Å². The second-order valence-electron chi connectivity index (χ2n) is 4.09. The molecule has 0 atom stereocenters. The lowest BCUT2D eigenvalue weighted by Gasteiger charge is -2.06. The Bertz CT molecular complexity index is 515. The molecule has 2 aromatic rings. The van der Waals surface area contributed by atoms with Crippen molar-refractivity contribution in [2.24, 2.45) is 0 Å². The van der Waals surface area contributed by atoms with Crippen molar-refractivity contribution in [2.45, 2.75) is 27.4 Å². The molecule has 0 aliphatic heterocycles. The van der Waals surface area contributed by atoms with Gasteiger partial charge in [0.2, 0.25) is 0 Å². The molecule has 16 heavy (non-hydrogen) atoms. The summed E-state index contributed by atoms with van der Waals surface area (Å²) in [5.74, 6) is 0.493. The van der Waals surface area contributed by atoms with Crippen LogP contribution in [0.15, 0.2) is 22.7 Å². The molecule has 0 saturated heterocycles. The predicted octanol–water partition coefficient (Wildman–Crippen LogP) is 2.76. The van der Waals surface area contributed by atoms with E-state index in [1.165, 1.54) is 16.7 Å². The van der Waals surface area contributed by atoms with Crippen molar-refractivity contribution in [3.8, 4) is 11.3 Å². The average molecular weight is 217 g/mol. The zero-order chi connectivity index (χ0) is 11.7. The molecule has 0 spiro atoms. The maximum absolute atomic E-state index is 8.93. The lowest BCUT2D eigenvalue weighted by molar-refractivity contribution is 0.229. The molecule has 0 aliphatic carbocycles. The van der Waals surface area contributed by atoms with E-state index in [4.69, 9.17) is 9.63 Å². The molecule has 3 heteroatoms. The average Bonchev–Trinajstić information content (AvgIpc) is 2.71. The summed E-state index contributed by atoms with van der Waals surface area (Å²) < 4.78 is 4.99. The first kappa shape index (κ1) is 10.9. The molecule has 0 radical (unpaired) electrons. The maximum Gasteiger partial charge on any atom is 0.162 e. The molecule has 2 rings (SSSR count). The van der Waals surface area contributed by atoms with Crippen molar-refractivity contribution < 1.29 is 9.63 Å². The highest BCUT2D eigenvalue weighted by atomic mass is 16.5. The molecule has 0 amide bonds. The van der Waals surface area contributed by atoms with Crippen LogP contribution in [0.5, 0.6) is 0 Å². The van der Waals surface area contributed by atoms with Crippen molar-refractivity contribution in [3.63, 3.8) is 0 Å². The van der Waals surface area contributed by atoms with Gasteiger partial charge in [0.1, 0.15) is 12.3 Å². The standard InChI is InChI=1S/C13H15NO2/c1-8-4-10(3)12(5-9(8)2)13-6-11(7-15)16-14-13/h4-6,15H,7H2,1-3H3. The Hall–Kier alpha value is -1.61. The fourth-order valence-electron chi connectivity index (χ4n) is 1.75. The summed E-state index contributed by atoms with van der Waals surface area (Å²) in [7, 11) is 0. The Morgan fingerprint density at radius 2 is 1.75 bits per heavy atom. The fraction of sp³-hybridized carbons (Fsp3) is 0.308. The molecule has 1 heterocycles. The first-order valence-corrected chi connectivity index (χ1v) is 5.26. The topological polar surface area (TPSA) is 46.3 Å². The molecule has 0 fully saturated rings. The summed E-state index contributed by atoms with van der Waals surface area (Å²) in [6, 6.07) is 6.01. The number of aryl methyl sites for hydroxylation is 3. The number of benzene rings is 1. The van der Waals surface area contributed by atoms with Gasteiger partial charge in [-0.3, -0.25) is 0 Å². The van der Waals surface area contributed by atoms with Crippen LogP contribution in [0.25, 0.3) is 11.3 Å². The van der Waals surface area contributed by atoms with Crippen LogP contribution in [0.1, 0.15) is 22.5 Å². The molecule has 0 unspecified atom stereocenters. The highest BCUT2D eigenvalue weighted by Crippen LogP contribution is 2.26. The normalized spacial score (nSPS) is 10.8. The van der Waals surface area contributed by atoms with Crippen LogP contribution in [0.2, 0.25) is 0 Å². The minimum absolute atomic E-state index is 0.114. The minimum Gasteiger partial charge on any atom is -0.388 e. The lowest BCUT2D eigenvalue weighted by Crippen LogP contribution is -1.88. The number of aliphatic hydroxyl groups excluding tert-OH is 1. The summed E-state index contributed by atoms with van der Waals surface area (Å²) >= 11 is 0. The quantitative estimate of drug-likeness (QED) is 0.841. The number of rotatable bonds is 2. The highest BCUT2D eigenvalue weighted by molar-refractivity contribution is 5.65. The van der Waals surface area contributed by atoms with E-state index < -0.39 is 0 Å². The fourth-order valence-corrected chi connectivity index (χ4v) is 1.75. The van der Waals surface area contributed by atoms with Crippen molar-refractivity contribution in [1.82, 2.24) is 5.16 Å². The zero-order valence-corrected chi connectivity index (χ0v) is 9.74. The largest absolute Gasteiger partial charge is 0.388 e. The summed E-state index contributed by atoms with van der Waals surface area (Å²) in [6.07, 6.45) is 0. The van der Waals surface area contributed by atoms with Gasteiger partial charge in [0.05, 0.1) is 0 Å². The Morgan fingerprint density at radius 1 is 1.06 bits per heavy atom. The van der Waals surface area contributed by atoms with Crippen LogP contribution in [0.3, 0.4) is 0 Å². The molecular formula is C13H15NO2. The Labute approximate surface area is 94.7 Å². The number of hydrogen-bond acceptors (Lipinski definition) is 3. The van der Waals surface area contributed by atoms with E-state index in [-0.39, 0.29) is 6.61 Å². The third-order valence-corrected chi connectivity index (χ3v) is 2.83. The van der Waals surface area contributed by atoms with Crippen molar-refractivity contribution >= 4 is 0 Å². The number of hydrogen-bond donors (Lipinski definition) is 1. The second kappa shape index (κ2) is 4.10. The predicted molar refractivity (Wildman–Crippen MR) is 62.1 cm³/mol. The number of aromatic nitrogens is 1. The summed E-state index contributed by atoms with van der Waals surface area (Å²) in [4.78, 5) is 0. The van der Waals surface area contributed by atoms with Gasteiger partial charge in [0.15, 0.2) is 5.76 Å². The van der Waals surface area contributed by atoms with Crippen LogP contribution in [-0.4, -0.2) is 10.3 Å². The van der Waals surface area contributed by atoms with Gasteiger partial charge in [-0.1, -0.05) is 11.2 Å². The van der Waals surface area contributed by atoms with E-state index in [9.17, 15) is 0 Å². The van der Waals surface area contributed by atoms with E-state index in [0.717, 1.165) is 11.3 Å². The smallest absolute Gasteiger partial charge is 0.162 e. The van der Waals surface area contributed by atoms with Gasteiger partial charge in [-0.2, -0.15) is 0 Å². The Balaban J connectivity index is 2.51. The molecule has 0 saturated carbocycles. The zero-order valence-electron chi connectivity index (χ0n) is 9.74. The van der Waals surface area contributed by atoms with Crippen molar-refractivity contribution in [2.75, 3.05) is 0 Å². The van der Waals surface area contributed by atoms with Crippen LogP contribution < -0.4 is 0 Å². The first-order valence-electron chi connectivity index (χ1n) is 5.26. The minimum atomic E-state index is -0.114. The van der Waals surface area contributed by atoms with E-state index in [2.05, 4.69) is 38.1 Å². The molecule has 0 aliphatic rings. The third kappa shape index (κ3) is 1.86. The summed E-state index contributed by atoms with van der Waals surface area (Å²) in [6.45, 7) is 6.10. The van der Waals surface area contributed by atoms with Gasteiger partial charge >= 0.3 is 0 Å². The Kier molecular flexibility index (Phi) is 2.79. The Morgan fingerprint density at radius 3 is 2.38 bits per heavy atom. The van der Waals surface area contributed by atoms with Crippen LogP contribution in [-0.2, 0) is 6.61 Å². The van der Waals surface area contributed by atoms with Gasteiger partial charge in [-0.15, -0.1) is 0 Å². The summed E-state index contributed by atoms with van der Waals surface area (Å²) in [5.41, 5.74) is 5.51. The van der Waals surface area contributed by atoms with Gasteiger partial charge in [-0.05, 0) is 43.5 Å². The van der Waals surface area contributed by atoms with Crippen LogP contribution in [0.4, 0.5) is 0 Å². The summed E-state index contributed by atoms with van der Waals surface area (Å²) in [5, 5.41) is 12.9. The van der Waals surface area contributed by atoms with Gasteiger partial charge in [-0.25, -0.2) is 0 Å².